The fraction of sp³-hybridized carbons (Fsp3) is 0.286. The van der Waals surface area contributed by atoms with E-state index in [0.717, 1.165) is 12.2 Å². The Kier molecular flexibility index (Phi) is 3.28. The highest BCUT2D eigenvalue weighted by Gasteiger charge is 2.22. The number of methoxy groups -OCH3 is 1. The molecule has 0 aliphatic carbocycles. The molecule has 2 heterocycles. The number of nitrogen functional groups attached to an aromatic ring is 1. The fourth-order valence-electron chi connectivity index (χ4n) is 2.29. The lowest BCUT2D eigenvalue weighted by Gasteiger charge is -2.14. The lowest BCUT2D eigenvalue weighted by atomic mass is 10.1. The van der Waals surface area contributed by atoms with Crippen LogP contribution in [-0.4, -0.2) is 29.7 Å². The Morgan fingerprint density at radius 3 is 3.05 bits per heavy atom. The molecule has 1 aromatic heterocycles. The van der Waals surface area contributed by atoms with Gasteiger partial charge in [-0.05, 0) is 11.6 Å². The summed E-state index contributed by atoms with van der Waals surface area (Å²) in [6.45, 7) is 0.626. The SMILES string of the molecule is COc1c(N)ncnc1NCC1Cc2ccccc2O1. The van der Waals surface area contributed by atoms with E-state index >= 15 is 0 Å². The molecule has 2 aromatic rings. The van der Waals surface area contributed by atoms with Gasteiger partial charge in [0.05, 0.1) is 13.7 Å². The Balaban J connectivity index is 1.66. The maximum Gasteiger partial charge on any atom is 0.203 e. The number of nitrogens with one attached hydrogen (secondary N) is 1. The lowest BCUT2D eigenvalue weighted by Crippen LogP contribution is -2.24. The van der Waals surface area contributed by atoms with Gasteiger partial charge in [-0.15, -0.1) is 0 Å². The minimum absolute atomic E-state index is 0.0771. The van der Waals surface area contributed by atoms with Gasteiger partial charge in [0, 0.05) is 6.42 Å². The first kappa shape index (κ1) is 12.5. The largest absolute Gasteiger partial charge is 0.490 e. The standard InChI is InChI=1S/C14H16N4O2/c1-19-12-13(15)17-8-18-14(12)16-7-10-6-9-4-2-3-5-11(9)20-10/h2-5,8,10H,6-7H2,1H3,(H3,15,16,17,18). The molecule has 0 bridgehead atoms. The van der Waals surface area contributed by atoms with Crippen LogP contribution in [0.3, 0.4) is 0 Å². The number of aromatic nitrogens is 2. The zero-order valence-corrected chi connectivity index (χ0v) is 11.2. The summed E-state index contributed by atoms with van der Waals surface area (Å²) in [7, 11) is 1.54. The van der Waals surface area contributed by atoms with Gasteiger partial charge in [-0.25, -0.2) is 9.97 Å². The number of para-hydroxylation sites is 1. The third-order valence-electron chi connectivity index (χ3n) is 3.25. The average Bonchev–Trinajstić information content (AvgIpc) is 2.88. The summed E-state index contributed by atoms with van der Waals surface area (Å²) in [5.41, 5.74) is 6.97. The predicted octanol–water partition coefficient (Wildman–Crippen LogP) is 1.48. The normalized spacial score (nSPS) is 16.4. The maximum atomic E-state index is 5.85. The fourth-order valence-corrected chi connectivity index (χ4v) is 2.29. The molecule has 3 rings (SSSR count). The number of ether oxygens (including phenoxy) is 2. The third kappa shape index (κ3) is 2.32. The van der Waals surface area contributed by atoms with Crippen LogP contribution in [0.25, 0.3) is 0 Å². The van der Waals surface area contributed by atoms with Crippen LogP contribution in [0.2, 0.25) is 0 Å². The summed E-state index contributed by atoms with van der Waals surface area (Å²) in [5, 5.41) is 3.20. The maximum absolute atomic E-state index is 5.85. The van der Waals surface area contributed by atoms with E-state index in [4.69, 9.17) is 15.2 Å². The van der Waals surface area contributed by atoms with Crippen LogP contribution in [0.4, 0.5) is 11.6 Å². The van der Waals surface area contributed by atoms with E-state index in [1.165, 1.54) is 11.9 Å². The summed E-state index contributed by atoms with van der Waals surface area (Å²) in [4.78, 5) is 8.03. The van der Waals surface area contributed by atoms with Crippen LogP contribution in [-0.2, 0) is 6.42 Å². The summed E-state index contributed by atoms with van der Waals surface area (Å²) < 4.78 is 11.1. The highest BCUT2D eigenvalue weighted by atomic mass is 16.5. The molecular weight excluding hydrogens is 256 g/mol. The molecule has 6 heteroatoms. The first-order valence-electron chi connectivity index (χ1n) is 6.41. The minimum atomic E-state index is 0.0771. The van der Waals surface area contributed by atoms with E-state index < -0.39 is 0 Å². The van der Waals surface area contributed by atoms with Crippen molar-refractivity contribution >= 4 is 11.6 Å². The second-order valence-electron chi connectivity index (χ2n) is 4.57. The molecule has 1 aromatic carbocycles. The van der Waals surface area contributed by atoms with Crippen molar-refractivity contribution in [3.63, 3.8) is 0 Å². The molecule has 1 unspecified atom stereocenters. The highest BCUT2D eigenvalue weighted by molar-refractivity contribution is 5.61. The van der Waals surface area contributed by atoms with E-state index in [1.54, 1.807) is 7.11 Å². The second kappa shape index (κ2) is 5.24. The van der Waals surface area contributed by atoms with Gasteiger partial charge in [0.15, 0.2) is 11.6 Å². The smallest absolute Gasteiger partial charge is 0.203 e. The van der Waals surface area contributed by atoms with Crippen molar-refractivity contribution in [1.82, 2.24) is 9.97 Å². The van der Waals surface area contributed by atoms with Crippen LogP contribution in [0.5, 0.6) is 11.5 Å². The summed E-state index contributed by atoms with van der Waals surface area (Å²) in [6.07, 6.45) is 2.37. The summed E-state index contributed by atoms with van der Waals surface area (Å²) in [6, 6.07) is 8.06. The molecule has 6 nitrogen and oxygen atoms in total. The molecule has 0 fully saturated rings. The van der Waals surface area contributed by atoms with Gasteiger partial charge in [-0.3, -0.25) is 0 Å². The molecule has 0 spiro atoms. The van der Waals surface area contributed by atoms with Crippen LogP contribution in [0.15, 0.2) is 30.6 Å². The zero-order valence-electron chi connectivity index (χ0n) is 11.2. The minimum Gasteiger partial charge on any atom is -0.490 e. The number of anilines is 2. The molecule has 1 aliphatic rings. The lowest BCUT2D eigenvalue weighted by molar-refractivity contribution is 0.246. The molecule has 0 saturated carbocycles. The number of nitrogens with zero attached hydrogens (tertiary/aromatic N) is 2. The van der Waals surface area contributed by atoms with Crippen molar-refractivity contribution in [2.45, 2.75) is 12.5 Å². The number of hydrogen-bond acceptors (Lipinski definition) is 6. The second-order valence-corrected chi connectivity index (χ2v) is 4.57. The van der Waals surface area contributed by atoms with E-state index in [0.29, 0.717) is 23.9 Å². The van der Waals surface area contributed by atoms with Gasteiger partial charge < -0.3 is 20.5 Å². The monoisotopic (exact) mass is 272 g/mol. The Labute approximate surface area is 116 Å². The third-order valence-corrected chi connectivity index (χ3v) is 3.25. The first-order chi connectivity index (χ1) is 9.78. The topological polar surface area (TPSA) is 82.3 Å². The van der Waals surface area contributed by atoms with Gasteiger partial charge in [-0.1, -0.05) is 18.2 Å². The molecule has 3 N–H and O–H groups in total. The molecule has 20 heavy (non-hydrogen) atoms. The van der Waals surface area contributed by atoms with Crippen LogP contribution in [0, 0.1) is 0 Å². The molecule has 1 aliphatic heterocycles. The highest BCUT2D eigenvalue weighted by Crippen LogP contribution is 2.30. The van der Waals surface area contributed by atoms with Crippen molar-refractivity contribution in [2.24, 2.45) is 0 Å². The number of benzene rings is 1. The zero-order chi connectivity index (χ0) is 13.9. The van der Waals surface area contributed by atoms with Crippen LogP contribution < -0.4 is 20.5 Å². The van der Waals surface area contributed by atoms with Crippen molar-refractivity contribution in [1.29, 1.82) is 0 Å². The Morgan fingerprint density at radius 1 is 1.40 bits per heavy atom. The van der Waals surface area contributed by atoms with Crippen LogP contribution in [0.1, 0.15) is 5.56 Å². The number of rotatable bonds is 4. The van der Waals surface area contributed by atoms with Gasteiger partial charge in [0.25, 0.3) is 0 Å². The van der Waals surface area contributed by atoms with Crippen molar-refractivity contribution in [2.75, 3.05) is 24.7 Å². The number of hydrogen-bond donors (Lipinski definition) is 2. The molecule has 104 valence electrons. The molecule has 0 saturated heterocycles. The van der Waals surface area contributed by atoms with E-state index in [2.05, 4.69) is 21.4 Å². The predicted molar refractivity (Wildman–Crippen MR) is 76.0 cm³/mol. The summed E-state index contributed by atoms with van der Waals surface area (Å²) in [5.74, 6) is 2.32. The first-order valence-corrected chi connectivity index (χ1v) is 6.41. The van der Waals surface area contributed by atoms with E-state index in [9.17, 15) is 0 Å². The van der Waals surface area contributed by atoms with E-state index in [-0.39, 0.29) is 6.10 Å². The Hall–Kier alpha value is -2.50. The number of nitrogens with two attached hydrogens (primary N) is 1. The average molecular weight is 272 g/mol. The van der Waals surface area contributed by atoms with Crippen molar-refractivity contribution < 1.29 is 9.47 Å². The summed E-state index contributed by atoms with van der Waals surface area (Å²) >= 11 is 0. The van der Waals surface area contributed by atoms with Crippen molar-refractivity contribution in [3.05, 3.63) is 36.2 Å². The molecule has 0 radical (unpaired) electrons. The van der Waals surface area contributed by atoms with Crippen molar-refractivity contribution in [3.8, 4) is 11.5 Å². The Morgan fingerprint density at radius 2 is 2.25 bits per heavy atom. The van der Waals surface area contributed by atoms with Gasteiger partial charge in [0.1, 0.15) is 18.2 Å². The number of fused-ring (bicyclic) bond motifs is 1. The van der Waals surface area contributed by atoms with Gasteiger partial charge >= 0.3 is 0 Å². The Bertz CT molecular complexity index is 593. The molecular formula is C14H16N4O2. The van der Waals surface area contributed by atoms with Gasteiger partial charge in [0.2, 0.25) is 5.75 Å². The van der Waals surface area contributed by atoms with E-state index in [1.807, 2.05) is 18.2 Å². The van der Waals surface area contributed by atoms with Crippen LogP contribution >= 0.6 is 0 Å². The van der Waals surface area contributed by atoms with Gasteiger partial charge in [-0.2, -0.15) is 0 Å². The molecule has 1 atom stereocenters. The molecule has 0 amide bonds. The quantitative estimate of drug-likeness (QED) is 0.877.